The SMILES string of the molecule is COc1ccc(OC)c(S(=O)(=O)NCCNS(=O)(=O)c2c(C(N)=O)[nH]c3ccc(Br)cc23)c1. The van der Waals surface area contributed by atoms with Crippen molar-refractivity contribution >= 4 is 52.8 Å². The molecule has 0 unspecified atom stereocenters. The van der Waals surface area contributed by atoms with Gasteiger partial charge in [0.2, 0.25) is 20.0 Å². The molecule has 2 aromatic carbocycles. The van der Waals surface area contributed by atoms with Crippen LogP contribution in [0, 0.1) is 0 Å². The number of carbonyl (C=O) groups excluding carboxylic acids is 1. The molecule has 0 saturated carbocycles. The first-order valence-corrected chi connectivity index (χ1v) is 13.1. The lowest BCUT2D eigenvalue weighted by Crippen LogP contribution is -2.35. The number of sulfonamides is 2. The molecule has 0 aliphatic heterocycles. The highest BCUT2D eigenvalue weighted by Gasteiger charge is 2.27. The number of hydrogen-bond donors (Lipinski definition) is 4. The topological polar surface area (TPSA) is 170 Å². The third kappa shape index (κ3) is 5.30. The highest BCUT2D eigenvalue weighted by Crippen LogP contribution is 2.30. The summed E-state index contributed by atoms with van der Waals surface area (Å²) in [5.41, 5.74) is 5.47. The van der Waals surface area contributed by atoms with Gasteiger partial charge >= 0.3 is 0 Å². The Labute approximate surface area is 198 Å². The molecule has 0 aliphatic rings. The number of aromatic amines is 1. The van der Waals surface area contributed by atoms with Gasteiger partial charge in [-0.05, 0) is 30.3 Å². The zero-order chi connectivity index (χ0) is 24.4. The van der Waals surface area contributed by atoms with Crippen molar-refractivity contribution in [3.8, 4) is 11.5 Å². The molecule has 14 heteroatoms. The molecule has 1 heterocycles. The Morgan fingerprint density at radius 3 is 2.27 bits per heavy atom. The second-order valence-electron chi connectivity index (χ2n) is 6.70. The lowest BCUT2D eigenvalue weighted by molar-refractivity contribution is 0.0993. The van der Waals surface area contributed by atoms with Crippen molar-refractivity contribution in [3.05, 3.63) is 46.6 Å². The molecular formula is C19H21BrN4O7S2. The Balaban J connectivity index is 1.80. The molecule has 0 saturated heterocycles. The van der Waals surface area contributed by atoms with Gasteiger partial charge in [0.25, 0.3) is 5.91 Å². The third-order valence-electron chi connectivity index (χ3n) is 4.60. The lowest BCUT2D eigenvalue weighted by Gasteiger charge is -2.12. The second-order valence-corrected chi connectivity index (χ2v) is 11.1. The first-order valence-electron chi connectivity index (χ1n) is 9.32. The highest BCUT2D eigenvalue weighted by atomic mass is 79.9. The van der Waals surface area contributed by atoms with Crippen molar-refractivity contribution in [2.24, 2.45) is 5.73 Å². The number of primary amides is 1. The summed E-state index contributed by atoms with van der Waals surface area (Å²) in [6, 6.07) is 9.08. The van der Waals surface area contributed by atoms with Crippen molar-refractivity contribution in [1.29, 1.82) is 0 Å². The van der Waals surface area contributed by atoms with E-state index >= 15 is 0 Å². The molecule has 0 atom stereocenters. The Morgan fingerprint density at radius 2 is 1.67 bits per heavy atom. The Hall–Kier alpha value is -2.65. The number of methoxy groups -OCH3 is 2. The first-order chi connectivity index (χ1) is 15.5. The zero-order valence-electron chi connectivity index (χ0n) is 17.5. The van der Waals surface area contributed by atoms with E-state index < -0.39 is 26.0 Å². The average molecular weight is 561 g/mol. The standard InChI is InChI=1S/C19H21BrN4O7S2/c1-30-12-4-6-15(31-2)16(10-12)32(26,27)22-7-8-23-33(28,29)18-13-9-11(20)3-5-14(13)24-17(18)19(21)25/h3-6,9-10,22-24H,7-8H2,1-2H3,(H2,21,25). The van der Waals surface area contributed by atoms with Crippen molar-refractivity contribution in [2.75, 3.05) is 27.3 Å². The van der Waals surface area contributed by atoms with E-state index in [1.807, 2.05) is 0 Å². The Kier molecular flexibility index (Phi) is 7.33. The normalized spacial score (nSPS) is 12.1. The van der Waals surface area contributed by atoms with Gasteiger partial charge in [-0.3, -0.25) is 4.79 Å². The predicted molar refractivity (Wildman–Crippen MR) is 124 cm³/mol. The maximum atomic E-state index is 13.0. The number of nitrogens with two attached hydrogens (primary N) is 1. The van der Waals surface area contributed by atoms with Gasteiger partial charge < -0.3 is 20.2 Å². The minimum Gasteiger partial charge on any atom is -0.497 e. The van der Waals surface area contributed by atoms with E-state index in [4.69, 9.17) is 15.2 Å². The van der Waals surface area contributed by atoms with Crippen LogP contribution in [0.3, 0.4) is 0 Å². The highest BCUT2D eigenvalue weighted by molar-refractivity contribution is 9.10. The van der Waals surface area contributed by atoms with E-state index in [0.717, 1.165) is 0 Å². The number of carbonyl (C=O) groups is 1. The smallest absolute Gasteiger partial charge is 0.266 e. The van der Waals surface area contributed by atoms with Crippen LogP contribution in [0.15, 0.2) is 50.7 Å². The van der Waals surface area contributed by atoms with Crippen molar-refractivity contribution in [1.82, 2.24) is 14.4 Å². The molecule has 0 aliphatic carbocycles. The second kappa shape index (κ2) is 9.69. The van der Waals surface area contributed by atoms with Crippen LogP contribution in [-0.2, 0) is 20.0 Å². The molecule has 33 heavy (non-hydrogen) atoms. The Bertz CT molecular complexity index is 1420. The van der Waals surface area contributed by atoms with E-state index in [-0.39, 0.29) is 39.7 Å². The maximum absolute atomic E-state index is 13.0. The number of halogens is 1. The zero-order valence-corrected chi connectivity index (χ0v) is 20.7. The molecule has 11 nitrogen and oxygen atoms in total. The van der Waals surface area contributed by atoms with Crippen LogP contribution in [0.5, 0.6) is 11.5 Å². The summed E-state index contributed by atoms with van der Waals surface area (Å²) in [7, 11) is -5.55. The van der Waals surface area contributed by atoms with Gasteiger partial charge in [-0.1, -0.05) is 15.9 Å². The molecule has 1 amide bonds. The molecule has 3 aromatic rings. The van der Waals surface area contributed by atoms with Gasteiger partial charge in [-0.2, -0.15) is 0 Å². The number of ether oxygens (including phenoxy) is 2. The molecule has 178 valence electrons. The van der Waals surface area contributed by atoms with Gasteiger partial charge in [0.15, 0.2) is 0 Å². The monoisotopic (exact) mass is 560 g/mol. The van der Waals surface area contributed by atoms with Crippen molar-refractivity contribution in [2.45, 2.75) is 9.79 Å². The van der Waals surface area contributed by atoms with E-state index in [1.54, 1.807) is 18.2 Å². The number of nitrogens with one attached hydrogen (secondary N) is 3. The van der Waals surface area contributed by atoms with Gasteiger partial charge in [-0.25, -0.2) is 26.3 Å². The molecule has 3 rings (SSSR count). The van der Waals surface area contributed by atoms with Crippen LogP contribution in [0.4, 0.5) is 0 Å². The number of aromatic nitrogens is 1. The summed E-state index contributed by atoms with van der Waals surface area (Å²) in [5.74, 6) is -0.547. The summed E-state index contributed by atoms with van der Waals surface area (Å²) in [6.45, 7) is -0.577. The summed E-state index contributed by atoms with van der Waals surface area (Å²) >= 11 is 3.27. The summed E-state index contributed by atoms with van der Waals surface area (Å²) < 4.78 is 66.6. The maximum Gasteiger partial charge on any atom is 0.266 e. The van der Waals surface area contributed by atoms with E-state index in [9.17, 15) is 21.6 Å². The number of benzene rings is 2. The van der Waals surface area contributed by atoms with Crippen LogP contribution in [0.25, 0.3) is 10.9 Å². The summed E-state index contributed by atoms with van der Waals surface area (Å²) in [5, 5.41) is 0.257. The summed E-state index contributed by atoms with van der Waals surface area (Å²) in [4.78, 5) is 14.1. The number of H-pyrrole nitrogens is 1. The fourth-order valence-electron chi connectivity index (χ4n) is 3.11. The van der Waals surface area contributed by atoms with E-state index in [1.165, 1.54) is 32.4 Å². The molecule has 0 fully saturated rings. The molecule has 5 N–H and O–H groups in total. The minimum absolute atomic E-state index is 0.0966. The van der Waals surface area contributed by atoms with Crippen molar-refractivity contribution in [3.63, 3.8) is 0 Å². The van der Waals surface area contributed by atoms with Gasteiger partial charge in [0, 0.05) is 34.5 Å². The molecule has 0 spiro atoms. The average Bonchev–Trinajstić information content (AvgIpc) is 3.16. The molecular weight excluding hydrogens is 540 g/mol. The minimum atomic E-state index is -4.22. The Morgan fingerprint density at radius 1 is 1.00 bits per heavy atom. The predicted octanol–water partition coefficient (Wildman–Crippen LogP) is 1.30. The number of amides is 1. The van der Waals surface area contributed by atoms with Crippen LogP contribution in [-0.4, -0.2) is 55.0 Å². The molecule has 0 radical (unpaired) electrons. The van der Waals surface area contributed by atoms with Gasteiger partial charge in [0.05, 0.1) is 14.2 Å². The van der Waals surface area contributed by atoms with E-state index in [0.29, 0.717) is 15.7 Å². The largest absolute Gasteiger partial charge is 0.497 e. The molecule has 1 aromatic heterocycles. The third-order valence-corrected chi connectivity index (χ3v) is 8.12. The summed E-state index contributed by atoms with van der Waals surface area (Å²) in [6.07, 6.45) is 0. The van der Waals surface area contributed by atoms with Crippen LogP contribution in [0.2, 0.25) is 0 Å². The van der Waals surface area contributed by atoms with Crippen LogP contribution in [0.1, 0.15) is 10.5 Å². The molecule has 0 bridgehead atoms. The lowest BCUT2D eigenvalue weighted by atomic mass is 10.2. The number of fused-ring (bicyclic) bond motifs is 1. The number of hydrogen-bond acceptors (Lipinski definition) is 7. The fraction of sp³-hybridized carbons (Fsp3) is 0.211. The van der Waals surface area contributed by atoms with Gasteiger partial charge in [0.1, 0.15) is 27.0 Å². The number of rotatable bonds is 10. The van der Waals surface area contributed by atoms with Crippen LogP contribution < -0.4 is 24.7 Å². The van der Waals surface area contributed by atoms with Gasteiger partial charge in [-0.15, -0.1) is 0 Å². The quantitative estimate of drug-likeness (QED) is 0.271. The van der Waals surface area contributed by atoms with Crippen molar-refractivity contribution < 1.29 is 31.1 Å². The van der Waals surface area contributed by atoms with E-state index in [2.05, 4.69) is 30.4 Å². The van der Waals surface area contributed by atoms with Crippen LogP contribution >= 0.6 is 15.9 Å². The fourth-order valence-corrected chi connectivity index (χ4v) is 6.08. The first kappa shape index (κ1) is 25.0.